The first-order chi connectivity index (χ1) is 8.64. The zero-order valence-electron chi connectivity index (χ0n) is 10.1. The Kier molecular flexibility index (Phi) is 3.34. The second kappa shape index (κ2) is 4.78. The molecular formula is C13H14FNO3. The Balaban J connectivity index is 2.59. The molecule has 18 heavy (non-hydrogen) atoms. The zero-order chi connectivity index (χ0) is 13.2. The summed E-state index contributed by atoms with van der Waals surface area (Å²) in [6.45, 7) is 0. The van der Waals surface area contributed by atoms with Gasteiger partial charge >= 0.3 is 0 Å². The minimum absolute atomic E-state index is 0.208. The molecule has 4 nitrogen and oxygen atoms in total. The highest BCUT2D eigenvalue weighted by Gasteiger charge is 2.39. The lowest BCUT2D eigenvalue weighted by atomic mass is 9.88. The summed E-state index contributed by atoms with van der Waals surface area (Å²) in [6.07, 6.45) is 4.66. The number of hydrogen-bond donors (Lipinski definition) is 1. The third-order valence-corrected chi connectivity index (χ3v) is 3.48. The predicted molar refractivity (Wildman–Crippen MR) is 62.9 cm³/mol. The number of phenolic OH excluding ortho intramolecular Hbond substituents is 1. The Morgan fingerprint density at radius 2 is 2.11 bits per heavy atom. The van der Waals surface area contributed by atoms with Crippen LogP contribution in [0, 0.1) is 5.82 Å². The van der Waals surface area contributed by atoms with Crippen LogP contribution in [0.3, 0.4) is 0 Å². The Labute approximate surface area is 104 Å². The van der Waals surface area contributed by atoms with Crippen molar-refractivity contribution in [1.29, 1.82) is 0 Å². The maximum Gasteiger partial charge on any atom is 0.235 e. The summed E-state index contributed by atoms with van der Waals surface area (Å²) in [5, 5.41) is 10.1. The van der Waals surface area contributed by atoms with Gasteiger partial charge in [0, 0.05) is 5.56 Å². The van der Waals surface area contributed by atoms with Crippen LogP contribution >= 0.6 is 0 Å². The fraction of sp³-hybridized carbons (Fsp3) is 0.462. The van der Waals surface area contributed by atoms with Crippen molar-refractivity contribution >= 4 is 6.08 Å². The van der Waals surface area contributed by atoms with E-state index in [4.69, 9.17) is 4.74 Å². The summed E-state index contributed by atoms with van der Waals surface area (Å²) < 4.78 is 18.3. The van der Waals surface area contributed by atoms with Gasteiger partial charge in [0.25, 0.3) is 0 Å². The van der Waals surface area contributed by atoms with Crippen LogP contribution in [0.4, 0.5) is 4.39 Å². The Bertz CT molecular complexity index is 503. The maximum atomic E-state index is 13.4. The number of ether oxygens (including phenoxy) is 1. The van der Waals surface area contributed by atoms with E-state index in [0.717, 1.165) is 12.8 Å². The van der Waals surface area contributed by atoms with E-state index in [1.807, 2.05) is 0 Å². The van der Waals surface area contributed by atoms with Gasteiger partial charge in [-0.3, -0.25) is 0 Å². The van der Waals surface area contributed by atoms with E-state index in [-0.39, 0.29) is 11.5 Å². The number of nitrogens with zero attached hydrogens (tertiary/aromatic N) is 1. The van der Waals surface area contributed by atoms with Gasteiger partial charge in [-0.05, 0) is 25.0 Å². The number of isocyanates is 1. The molecule has 2 rings (SSSR count). The maximum absolute atomic E-state index is 13.4. The number of methoxy groups -OCH3 is 1. The van der Waals surface area contributed by atoms with Crippen molar-refractivity contribution in [2.45, 2.75) is 31.2 Å². The number of benzene rings is 1. The SMILES string of the molecule is COc1c(F)ccc(C2(N=C=O)CCCC2)c1O. The van der Waals surface area contributed by atoms with E-state index in [1.165, 1.54) is 19.2 Å². The molecule has 0 aliphatic heterocycles. The molecule has 96 valence electrons. The molecule has 1 N–H and O–H groups in total. The largest absolute Gasteiger partial charge is 0.504 e. The van der Waals surface area contributed by atoms with Gasteiger partial charge in [-0.2, -0.15) is 4.99 Å². The van der Waals surface area contributed by atoms with E-state index in [2.05, 4.69) is 4.99 Å². The molecule has 1 aromatic rings. The number of hydrogen-bond acceptors (Lipinski definition) is 4. The lowest BCUT2D eigenvalue weighted by Gasteiger charge is -2.24. The highest BCUT2D eigenvalue weighted by molar-refractivity contribution is 5.51. The second-order valence-electron chi connectivity index (χ2n) is 4.42. The molecule has 0 saturated heterocycles. The average Bonchev–Trinajstić information content (AvgIpc) is 2.79. The number of aromatic hydroxyl groups is 1. The first-order valence-electron chi connectivity index (χ1n) is 5.79. The zero-order valence-corrected chi connectivity index (χ0v) is 10.1. The first-order valence-corrected chi connectivity index (χ1v) is 5.79. The fourth-order valence-corrected chi connectivity index (χ4v) is 2.60. The van der Waals surface area contributed by atoms with Crippen LogP contribution in [0.25, 0.3) is 0 Å². The molecule has 1 aromatic carbocycles. The van der Waals surface area contributed by atoms with Crippen molar-refractivity contribution in [2.75, 3.05) is 7.11 Å². The Morgan fingerprint density at radius 1 is 1.44 bits per heavy atom. The van der Waals surface area contributed by atoms with E-state index in [0.29, 0.717) is 18.4 Å². The highest BCUT2D eigenvalue weighted by Crippen LogP contribution is 2.48. The monoisotopic (exact) mass is 251 g/mol. The number of phenols is 1. The van der Waals surface area contributed by atoms with Gasteiger partial charge in [0.1, 0.15) is 5.54 Å². The fourth-order valence-electron chi connectivity index (χ4n) is 2.60. The Morgan fingerprint density at radius 3 is 2.67 bits per heavy atom. The van der Waals surface area contributed by atoms with Gasteiger partial charge in [-0.25, -0.2) is 9.18 Å². The molecule has 0 radical (unpaired) electrons. The van der Waals surface area contributed by atoms with Gasteiger partial charge in [0.2, 0.25) is 6.08 Å². The van der Waals surface area contributed by atoms with Crippen molar-refractivity contribution in [3.8, 4) is 11.5 Å². The molecule has 0 aromatic heterocycles. The summed E-state index contributed by atoms with van der Waals surface area (Å²) in [5.74, 6) is -1.12. The van der Waals surface area contributed by atoms with Crippen LogP contribution in [0.5, 0.6) is 11.5 Å². The van der Waals surface area contributed by atoms with Gasteiger partial charge in [0.05, 0.1) is 7.11 Å². The molecule has 5 heteroatoms. The number of halogens is 1. The third-order valence-electron chi connectivity index (χ3n) is 3.48. The molecule has 0 amide bonds. The van der Waals surface area contributed by atoms with Crippen LogP contribution in [0.2, 0.25) is 0 Å². The van der Waals surface area contributed by atoms with Crippen molar-refractivity contribution in [3.63, 3.8) is 0 Å². The van der Waals surface area contributed by atoms with Crippen LogP contribution < -0.4 is 4.74 Å². The third kappa shape index (κ3) is 1.87. The molecular weight excluding hydrogens is 237 g/mol. The standard InChI is InChI=1S/C13H14FNO3/c1-18-12-10(14)5-4-9(11(12)17)13(15-8-16)6-2-3-7-13/h4-5,17H,2-3,6-7H2,1H3. The summed E-state index contributed by atoms with van der Waals surface area (Å²) in [6, 6.07) is 2.67. The normalized spacial score (nSPS) is 17.2. The smallest absolute Gasteiger partial charge is 0.235 e. The van der Waals surface area contributed by atoms with E-state index < -0.39 is 11.4 Å². The minimum Gasteiger partial charge on any atom is -0.504 e. The van der Waals surface area contributed by atoms with E-state index >= 15 is 0 Å². The first kappa shape index (κ1) is 12.6. The van der Waals surface area contributed by atoms with Gasteiger partial charge in [0.15, 0.2) is 17.3 Å². The molecule has 1 fully saturated rings. The summed E-state index contributed by atoms with van der Waals surface area (Å²) >= 11 is 0. The average molecular weight is 251 g/mol. The molecule has 0 heterocycles. The predicted octanol–water partition coefficient (Wildman–Crippen LogP) is 2.65. The number of carbonyl (C=O) groups excluding carboxylic acids is 1. The van der Waals surface area contributed by atoms with E-state index in [1.54, 1.807) is 6.08 Å². The molecule has 1 aliphatic carbocycles. The van der Waals surface area contributed by atoms with E-state index in [9.17, 15) is 14.3 Å². The number of aliphatic imine (C=N–C) groups is 1. The van der Waals surface area contributed by atoms with Crippen LogP contribution in [-0.4, -0.2) is 18.3 Å². The summed E-state index contributed by atoms with van der Waals surface area (Å²) in [5.41, 5.74) is -0.353. The van der Waals surface area contributed by atoms with Crippen molar-refractivity contribution in [2.24, 2.45) is 4.99 Å². The van der Waals surface area contributed by atoms with Crippen LogP contribution in [-0.2, 0) is 10.3 Å². The Hall–Kier alpha value is -1.87. The molecule has 1 saturated carbocycles. The molecule has 0 bridgehead atoms. The van der Waals surface area contributed by atoms with Crippen LogP contribution in [0.1, 0.15) is 31.2 Å². The molecule has 1 aliphatic rings. The van der Waals surface area contributed by atoms with Crippen molar-refractivity contribution < 1.29 is 19.0 Å². The van der Waals surface area contributed by atoms with Crippen molar-refractivity contribution in [1.82, 2.24) is 0 Å². The highest BCUT2D eigenvalue weighted by atomic mass is 19.1. The minimum atomic E-state index is -0.785. The quantitative estimate of drug-likeness (QED) is 0.663. The van der Waals surface area contributed by atoms with Gasteiger partial charge in [-0.1, -0.05) is 12.8 Å². The second-order valence-corrected chi connectivity index (χ2v) is 4.42. The van der Waals surface area contributed by atoms with Gasteiger partial charge < -0.3 is 9.84 Å². The molecule has 0 unspecified atom stereocenters. The summed E-state index contributed by atoms with van der Waals surface area (Å²) in [4.78, 5) is 14.4. The topological polar surface area (TPSA) is 58.9 Å². The lowest BCUT2D eigenvalue weighted by molar-refractivity contribution is 0.337. The van der Waals surface area contributed by atoms with Gasteiger partial charge in [-0.15, -0.1) is 0 Å². The lowest BCUT2D eigenvalue weighted by Crippen LogP contribution is -2.19. The number of rotatable bonds is 3. The summed E-state index contributed by atoms with van der Waals surface area (Å²) in [7, 11) is 1.28. The van der Waals surface area contributed by atoms with Crippen LogP contribution in [0.15, 0.2) is 17.1 Å². The molecule has 0 atom stereocenters. The van der Waals surface area contributed by atoms with Crippen molar-refractivity contribution in [3.05, 3.63) is 23.5 Å². The molecule has 0 spiro atoms.